The molecule has 3 rings (SSSR count). The van der Waals surface area contributed by atoms with Crippen LogP contribution in [0.5, 0.6) is 5.75 Å². The van der Waals surface area contributed by atoms with Crippen molar-refractivity contribution in [2.24, 2.45) is 7.05 Å². The lowest BCUT2D eigenvalue weighted by atomic mass is 10.1. The van der Waals surface area contributed by atoms with Crippen LogP contribution in [0.3, 0.4) is 0 Å². The summed E-state index contributed by atoms with van der Waals surface area (Å²) in [5.74, 6) is 2.50. The normalized spacial score (nSPS) is 15.8. The van der Waals surface area contributed by atoms with Gasteiger partial charge in [0.1, 0.15) is 11.6 Å². The Balaban J connectivity index is 1.65. The lowest BCUT2D eigenvalue weighted by Crippen LogP contribution is -2.20. The molecule has 1 aromatic carbocycles. The first-order chi connectivity index (χ1) is 10.6. The van der Waals surface area contributed by atoms with E-state index in [2.05, 4.69) is 20.1 Å². The van der Waals surface area contributed by atoms with Gasteiger partial charge < -0.3 is 14.6 Å². The lowest BCUT2D eigenvalue weighted by molar-refractivity contribution is 0.385. The molecule has 0 unspecified atom stereocenters. The Kier molecular flexibility index (Phi) is 4.11. The van der Waals surface area contributed by atoms with Gasteiger partial charge in [0, 0.05) is 19.0 Å². The Morgan fingerprint density at radius 1 is 1.41 bits per heavy atom. The summed E-state index contributed by atoms with van der Waals surface area (Å²) in [6.45, 7) is 2.65. The number of aromatic nitrogens is 3. The zero-order chi connectivity index (χ0) is 15.7. The van der Waals surface area contributed by atoms with Crippen LogP contribution in [-0.2, 0) is 13.6 Å². The van der Waals surface area contributed by atoms with Gasteiger partial charge in [-0.3, -0.25) is 0 Å². The molecule has 0 saturated heterocycles. The summed E-state index contributed by atoms with van der Waals surface area (Å²) in [7, 11) is 3.48. The van der Waals surface area contributed by atoms with Crippen molar-refractivity contribution in [3.8, 4) is 5.75 Å². The van der Waals surface area contributed by atoms with Gasteiger partial charge in [0.25, 0.3) is 0 Å². The van der Waals surface area contributed by atoms with Crippen LogP contribution >= 0.6 is 0 Å². The third-order valence-corrected chi connectivity index (χ3v) is 4.18. The monoisotopic (exact) mass is 304 g/mol. The number of halogens is 1. The minimum Gasteiger partial charge on any atom is -0.494 e. The highest BCUT2D eigenvalue weighted by molar-refractivity contribution is 5.31. The van der Waals surface area contributed by atoms with Crippen molar-refractivity contribution in [3.05, 3.63) is 41.2 Å². The van der Waals surface area contributed by atoms with Crippen molar-refractivity contribution in [2.75, 3.05) is 7.11 Å². The summed E-state index contributed by atoms with van der Waals surface area (Å²) >= 11 is 0. The van der Waals surface area contributed by atoms with E-state index in [1.165, 1.54) is 26.0 Å². The van der Waals surface area contributed by atoms with E-state index in [0.717, 1.165) is 17.2 Å². The number of hydrogen-bond donors (Lipinski definition) is 1. The number of nitrogens with zero attached hydrogens (tertiary/aromatic N) is 3. The van der Waals surface area contributed by atoms with Crippen molar-refractivity contribution in [1.82, 2.24) is 20.1 Å². The predicted octanol–water partition coefficient (Wildman–Crippen LogP) is 2.69. The summed E-state index contributed by atoms with van der Waals surface area (Å²) < 4.78 is 20.6. The predicted molar refractivity (Wildman–Crippen MR) is 81.2 cm³/mol. The zero-order valence-electron chi connectivity index (χ0n) is 13.1. The molecule has 0 radical (unpaired) electrons. The summed E-state index contributed by atoms with van der Waals surface area (Å²) in [5.41, 5.74) is 0.975. The van der Waals surface area contributed by atoms with E-state index in [-0.39, 0.29) is 17.6 Å². The Morgan fingerprint density at radius 2 is 2.18 bits per heavy atom. The highest BCUT2D eigenvalue weighted by Crippen LogP contribution is 2.38. The first-order valence-electron chi connectivity index (χ1n) is 7.55. The van der Waals surface area contributed by atoms with E-state index < -0.39 is 0 Å². The van der Waals surface area contributed by atoms with Gasteiger partial charge in [0.05, 0.1) is 13.7 Å². The SMILES string of the molecule is COc1cc([C@@H](C)NCc2nnc(C3CC3)n2C)ccc1F. The van der Waals surface area contributed by atoms with Crippen molar-refractivity contribution in [3.63, 3.8) is 0 Å². The van der Waals surface area contributed by atoms with E-state index >= 15 is 0 Å². The van der Waals surface area contributed by atoms with Crippen molar-refractivity contribution in [2.45, 2.75) is 38.3 Å². The second-order valence-electron chi connectivity index (χ2n) is 5.80. The Morgan fingerprint density at radius 3 is 2.86 bits per heavy atom. The van der Waals surface area contributed by atoms with Crippen LogP contribution in [0.2, 0.25) is 0 Å². The maximum atomic E-state index is 13.5. The van der Waals surface area contributed by atoms with Crippen molar-refractivity contribution < 1.29 is 9.13 Å². The van der Waals surface area contributed by atoms with Gasteiger partial charge in [-0.25, -0.2) is 4.39 Å². The van der Waals surface area contributed by atoms with Crippen LogP contribution < -0.4 is 10.1 Å². The van der Waals surface area contributed by atoms with Gasteiger partial charge in [-0.15, -0.1) is 10.2 Å². The molecule has 6 heteroatoms. The molecule has 0 bridgehead atoms. The molecule has 0 amide bonds. The molecule has 1 N–H and O–H groups in total. The number of ether oxygens (including phenoxy) is 1. The fourth-order valence-electron chi connectivity index (χ4n) is 2.53. The van der Waals surface area contributed by atoms with E-state index in [9.17, 15) is 4.39 Å². The molecular weight excluding hydrogens is 283 g/mol. The molecule has 0 aliphatic heterocycles. The van der Waals surface area contributed by atoms with Gasteiger partial charge in [-0.2, -0.15) is 0 Å². The van der Waals surface area contributed by atoms with Gasteiger partial charge >= 0.3 is 0 Å². The lowest BCUT2D eigenvalue weighted by Gasteiger charge is -2.15. The highest BCUT2D eigenvalue weighted by Gasteiger charge is 2.29. The van der Waals surface area contributed by atoms with Gasteiger partial charge in [-0.05, 0) is 37.5 Å². The van der Waals surface area contributed by atoms with Crippen LogP contribution in [0.15, 0.2) is 18.2 Å². The molecule has 22 heavy (non-hydrogen) atoms. The molecule has 118 valence electrons. The third kappa shape index (κ3) is 2.97. The molecular formula is C16H21FN4O. The molecule has 2 aromatic rings. The van der Waals surface area contributed by atoms with E-state index in [4.69, 9.17) is 4.74 Å². The average Bonchev–Trinajstić information content (AvgIpc) is 3.29. The Bertz CT molecular complexity index is 666. The largest absolute Gasteiger partial charge is 0.494 e. The van der Waals surface area contributed by atoms with Crippen LogP contribution in [0.1, 0.15) is 48.9 Å². The van der Waals surface area contributed by atoms with E-state index in [1.54, 1.807) is 12.1 Å². The first-order valence-corrected chi connectivity index (χ1v) is 7.55. The molecule has 1 aliphatic rings. The number of nitrogens with one attached hydrogen (secondary N) is 1. The molecule has 1 atom stereocenters. The number of rotatable bonds is 6. The maximum Gasteiger partial charge on any atom is 0.165 e. The van der Waals surface area contributed by atoms with Crippen LogP contribution in [0.25, 0.3) is 0 Å². The third-order valence-electron chi connectivity index (χ3n) is 4.18. The quantitative estimate of drug-likeness (QED) is 0.891. The molecule has 0 spiro atoms. The smallest absolute Gasteiger partial charge is 0.165 e. The topological polar surface area (TPSA) is 52.0 Å². The van der Waals surface area contributed by atoms with E-state index in [1.807, 2.05) is 14.0 Å². The standard InChI is InChI=1S/C16H21FN4O/c1-10(12-6-7-13(17)14(8-12)22-3)18-9-15-19-20-16(21(15)2)11-4-5-11/h6-8,10-11,18H,4-5,9H2,1-3H3/t10-/m1/s1. The highest BCUT2D eigenvalue weighted by atomic mass is 19.1. The zero-order valence-corrected chi connectivity index (χ0v) is 13.1. The number of methoxy groups -OCH3 is 1. The fraction of sp³-hybridized carbons (Fsp3) is 0.500. The second-order valence-corrected chi connectivity index (χ2v) is 5.80. The summed E-state index contributed by atoms with van der Waals surface area (Å²) in [5, 5.41) is 11.9. The van der Waals surface area contributed by atoms with E-state index in [0.29, 0.717) is 12.5 Å². The van der Waals surface area contributed by atoms with Gasteiger partial charge in [-0.1, -0.05) is 6.07 Å². The molecule has 1 saturated carbocycles. The van der Waals surface area contributed by atoms with Crippen LogP contribution in [0.4, 0.5) is 4.39 Å². The first kappa shape index (κ1) is 15.0. The summed E-state index contributed by atoms with van der Waals surface area (Å²) in [4.78, 5) is 0. The average molecular weight is 304 g/mol. The number of benzene rings is 1. The molecule has 1 fully saturated rings. The minimum absolute atomic E-state index is 0.0653. The van der Waals surface area contributed by atoms with Crippen LogP contribution in [-0.4, -0.2) is 21.9 Å². The molecule has 1 heterocycles. The fourth-order valence-corrected chi connectivity index (χ4v) is 2.53. The van der Waals surface area contributed by atoms with Crippen molar-refractivity contribution in [1.29, 1.82) is 0 Å². The molecule has 1 aromatic heterocycles. The van der Waals surface area contributed by atoms with Crippen molar-refractivity contribution >= 4 is 0 Å². The number of hydrogen-bond acceptors (Lipinski definition) is 4. The molecule has 1 aliphatic carbocycles. The summed E-state index contributed by atoms with van der Waals surface area (Å²) in [6.07, 6.45) is 2.43. The van der Waals surface area contributed by atoms with Gasteiger partial charge in [0.2, 0.25) is 0 Å². The summed E-state index contributed by atoms with van der Waals surface area (Å²) in [6, 6.07) is 4.98. The minimum atomic E-state index is -0.346. The Labute approximate surface area is 129 Å². The second kappa shape index (κ2) is 6.04. The van der Waals surface area contributed by atoms with Gasteiger partial charge in [0.15, 0.2) is 11.6 Å². The van der Waals surface area contributed by atoms with Crippen LogP contribution in [0, 0.1) is 5.82 Å². The Hall–Kier alpha value is -1.95. The molecule has 5 nitrogen and oxygen atoms in total. The maximum absolute atomic E-state index is 13.5.